The Balaban J connectivity index is 1.73. The first-order valence-electron chi connectivity index (χ1n) is 6.84. The molecule has 0 radical (unpaired) electrons. The van der Waals surface area contributed by atoms with E-state index in [1.807, 2.05) is 0 Å². The molecule has 0 spiro atoms. The second-order valence-corrected chi connectivity index (χ2v) is 5.40. The molecule has 0 amide bonds. The average molecular weight is 277 g/mol. The molecule has 1 fully saturated rings. The van der Waals surface area contributed by atoms with Gasteiger partial charge in [0, 0.05) is 5.56 Å². The third kappa shape index (κ3) is 2.88. The molecule has 1 heterocycles. The van der Waals surface area contributed by atoms with Crippen LogP contribution in [0.3, 0.4) is 0 Å². The summed E-state index contributed by atoms with van der Waals surface area (Å²) in [5, 5.41) is 3.30. The summed E-state index contributed by atoms with van der Waals surface area (Å²) >= 11 is 0. The Morgan fingerprint density at radius 1 is 1.30 bits per heavy atom. The molecule has 1 aliphatic carbocycles. The van der Waals surface area contributed by atoms with Crippen LogP contribution in [-0.4, -0.2) is 16.5 Å². The van der Waals surface area contributed by atoms with Crippen LogP contribution in [0.25, 0.3) is 11.3 Å². The molecule has 0 atom stereocenters. The lowest BCUT2D eigenvalue weighted by Gasteiger charge is -2.03. The van der Waals surface area contributed by atoms with E-state index < -0.39 is 11.6 Å². The topological polar surface area (TPSA) is 40.7 Å². The first kappa shape index (κ1) is 13.2. The van der Waals surface area contributed by atoms with Crippen molar-refractivity contribution in [2.24, 2.45) is 5.92 Å². The maximum Gasteiger partial charge on any atom is 0.133 e. The number of aryl methyl sites for hydroxylation is 1. The molecular weight excluding hydrogens is 260 g/mol. The molecule has 1 aromatic heterocycles. The number of aromatic amines is 1. The second kappa shape index (κ2) is 5.32. The quantitative estimate of drug-likeness (QED) is 0.881. The summed E-state index contributed by atoms with van der Waals surface area (Å²) in [5.41, 5.74) is 1.02. The summed E-state index contributed by atoms with van der Waals surface area (Å²) < 4.78 is 27.4. The number of nitrogens with one attached hydrogen (secondary N) is 2. The van der Waals surface area contributed by atoms with Gasteiger partial charge >= 0.3 is 0 Å². The molecule has 0 bridgehead atoms. The Morgan fingerprint density at radius 3 is 2.85 bits per heavy atom. The molecule has 2 N–H and O–H groups in total. The first-order valence-corrected chi connectivity index (χ1v) is 6.84. The fourth-order valence-corrected chi connectivity index (χ4v) is 2.16. The molecule has 1 saturated carbocycles. The van der Waals surface area contributed by atoms with E-state index in [2.05, 4.69) is 15.3 Å². The largest absolute Gasteiger partial charge is 0.341 e. The van der Waals surface area contributed by atoms with Gasteiger partial charge in [0.15, 0.2) is 0 Å². The number of nitrogens with zero attached hydrogens (tertiary/aromatic N) is 1. The fraction of sp³-hybridized carbons (Fsp3) is 0.400. The second-order valence-electron chi connectivity index (χ2n) is 5.40. The number of hydrogen-bond acceptors (Lipinski definition) is 2. The summed E-state index contributed by atoms with van der Waals surface area (Å²) in [5.74, 6) is 0.684. The lowest BCUT2D eigenvalue weighted by atomic mass is 10.1. The highest BCUT2D eigenvalue weighted by Crippen LogP contribution is 2.27. The SMILES string of the molecule is Cc1cc(F)c(-c2cnc(CNCC3CC3)[nH]2)cc1F. The molecule has 5 heteroatoms. The van der Waals surface area contributed by atoms with Crippen molar-refractivity contribution in [3.63, 3.8) is 0 Å². The van der Waals surface area contributed by atoms with Gasteiger partial charge in [-0.05, 0) is 49.9 Å². The number of aromatic nitrogens is 2. The van der Waals surface area contributed by atoms with Gasteiger partial charge < -0.3 is 10.3 Å². The van der Waals surface area contributed by atoms with E-state index >= 15 is 0 Å². The van der Waals surface area contributed by atoms with Crippen LogP contribution in [0.1, 0.15) is 24.2 Å². The highest BCUT2D eigenvalue weighted by atomic mass is 19.1. The highest BCUT2D eigenvalue weighted by molar-refractivity contribution is 5.60. The summed E-state index contributed by atoms with van der Waals surface area (Å²) in [6.07, 6.45) is 4.13. The van der Waals surface area contributed by atoms with Gasteiger partial charge in [-0.1, -0.05) is 0 Å². The molecule has 0 aliphatic heterocycles. The van der Waals surface area contributed by atoms with E-state index in [-0.39, 0.29) is 5.56 Å². The van der Waals surface area contributed by atoms with Gasteiger partial charge in [-0.2, -0.15) is 0 Å². The predicted molar refractivity (Wildman–Crippen MR) is 73.1 cm³/mol. The summed E-state index contributed by atoms with van der Waals surface area (Å²) in [6, 6.07) is 2.41. The third-order valence-corrected chi connectivity index (χ3v) is 3.59. The van der Waals surface area contributed by atoms with Crippen LogP contribution in [0.5, 0.6) is 0 Å². The Hall–Kier alpha value is -1.75. The smallest absolute Gasteiger partial charge is 0.133 e. The van der Waals surface area contributed by atoms with E-state index in [1.54, 1.807) is 13.1 Å². The highest BCUT2D eigenvalue weighted by Gasteiger charge is 2.20. The summed E-state index contributed by atoms with van der Waals surface area (Å²) in [4.78, 5) is 7.23. The average Bonchev–Trinajstić information content (AvgIpc) is 3.11. The molecule has 1 aliphatic rings. The Kier molecular flexibility index (Phi) is 3.53. The van der Waals surface area contributed by atoms with E-state index in [9.17, 15) is 8.78 Å². The lowest BCUT2D eigenvalue weighted by Crippen LogP contribution is -2.16. The molecule has 106 valence electrons. The maximum absolute atomic E-state index is 13.9. The molecule has 20 heavy (non-hydrogen) atoms. The molecular formula is C15H17F2N3. The van der Waals surface area contributed by atoms with Gasteiger partial charge in [-0.3, -0.25) is 0 Å². The zero-order valence-electron chi connectivity index (χ0n) is 11.3. The minimum absolute atomic E-state index is 0.217. The molecule has 3 rings (SSSR count). The monoisotopic (exact) mass is 277 g/mol. The Bertz CT molecular complexity index is 618. The normalized spacial score (nSPS) is 14.8. The Morgan fingerprint density at radius 2 is 2.10 bits per heavy atom. The van der Waals surface area contributed by atoms with Gasteiger partial charge in [0.2, 0.25) is 0 Å². The van der Waals surface area contributed by atoms with Crippen LogP contribution in [0, 0.1) is 24.5 Å². The van der Waals surface area contributed by atoms with Gasteiger partial charge in [0.05, 0.1) is 18.4 Å². The van der Waals surface area contributed by atoms with Crippen LogP contribution in [0.2, 0.25) is 0 Å². The minimum Gasteiger partial charge on any atom is -0.341 e. The number of rotatable bonds is 5. The van der Waals surface area contributed by atoms with Crippen LogP contribution in [-0.2, 0) is 6.54 Å². The fourth-order valence-electron chi connectivity index (χ4n) is 2.16. The van der Waals surface area contributed by atoms with Crippen LogP contribution < -0.4 is 5.32 Å². The predicted octanol–water partition coefficient (Wildman–Crippen LogP) is 3.16. The molecule has 1 aromatic carbocycles. The molecule has 0 unspecified atom stereocenters. The van der Waals surface area contributed by atoms with E-state index in [1.165, 1.54) is 25.0 Å². The number of imidazole rings is 1. The van der Waals surface area contributed by atoms with Crippen molar-refractivity contribution in [3.8, 4) is 11.3 Å². The third-order valence-electron chi connectivity index (χ3n) is 3.59. The summed E-state index contributed by atoms with van der Waals surface area (Å²) in [6.45, 7) is 3.15. The molecule has 0 saturated heterocycles. The van der Waals surface area contributed by atoms with E-state index in [0.29, 0.717) is 17.8 Å². The van der Waals surface area contributed by atoms with Gasteiger partial charge in [0.25, 0.3) is 0 Å². The lowest BCUT2D eigenvalue weighted by molar-refractivity contribution is 0.594. The molecule has 3 nitrogen and oxygen atoms in total. The van der Waals surface area contributed by atoms with Crippen molar-refractivity contribution in [2.75, 3.05) is 6.54 Å². The van der Waals surface area contributed by atoms with Crippen molar-refractivity contribution in [1.82, 2.24) is 15.3 Å². The standard InChI is InChI=1S/C15H17F2N3/c1-9-4-13(17)11(5-12(9)16)14-7-19-15(20-14)8-18-6-10-2-3-10/h4-5,7,10,18H,2-3,6,8H2,1H3,(H,19,20). The number of halogens is 2. The van der Waals surface area contributed by atoms with Crippen LogP contribution >= 0.6 is 0 Å². The number of benzene rings is 1. The summed E-state index contributed by atoms with van der Waals surface area (Å²) in [7, 11) is 0. The first-order chi connectivity index (χ1) is 9.63. The van der Waals surface area contributed by atoms with Crippen LogP contribution in [0.15, 0.2) is 18.3 Å². The molecule has 2 aromatic rings. The zero-order chi connectivity index (χ0) is 14.1. The maximum atomic E-state index is 13.9. The van der Waals surface area contributed by atoms with Gasteiger partial charge in [-0.25, -0.2) is 13.8 Å². The van der Waals surface area contributed by atoms with Crippen molar-refractivity contribution in [1.29, 1.82) is 0 Å². The zero-order valence-corrected chi connectivity index (χ0v) is 11.3. The van der Waals surface area contributed by atoms with Crippen molar-refractivity contribution in [3.05, 3.63) is 41.4 Å². The van der Waals surface area contributed by atoms with E-state index in [0.717, 1.165) is 18.3 Å². The van der Waals surface area contributed by atoms with Crippen molar-refractivity contribution < 1.29 is 8.78 Å². The number of hydrogen-bond donors (Lipinski definition) is 2. The number of H-pyrrole nitrogens is 1. The minimum atomic E-state index is -0.440. The van der Waals surface area contributed by atoms with Gasteiger partial charge in [0.1, 0.15) is 17.5 Å². The van der Waals surface area contributed by atoms with Crippen molar-refractivity contribution >= 4 is 0 Å². The van der Waals surface area contributed by atoms with Gasteiger partial charge in [-0.15, -0.1) is 0 Å². The Labute approximate surface area is 116 Å². The van der Waals surface area contributed by atoms with Crippen LogP contribution in [0.4, 0.5) is 8.78 Å². The van der Waals surface area contributed by atoms with E-state index in [4.69, 9.17) is 0 Å². The van der Waals surface area contributed by atoms with Crippen molar-refractivity contribution in [2.45, 2.75) is 26.3 Å².